The molecule has 0 unspecified atom stereocenters. The predicted molar refractivity (Wildman–Crippen MR) is 60.2 cm³/mol. The molecule has 0 aromatic carbocycles. The van der Waals surface area contributed by atoms with Crippen molar-refractivity contribution >= 4 is 34.9 Å². The summed E-state index contributed by atoms with van der Waals surface area (Å²) < 4.78 is 3.76. The van der Waals surface area contributed by atoms with Crippen molar-refractivity contribution in [2.45, 2.75) is 0 Å². The fraction of sp³-hybridized carbons (Fsp3) is 0.286. The third kappa shape index (κ3) is 2.25. The van der Waals surface area contributed by atoms with Gasteiger partial charge in [0.05, 0.1) is 6.61 Å². The van der Waals surface area contributed by atoms with Crippen molar-refractivity contribution in [2.24, 2.45) is 9.63 Å². The highest BCUT2D eigenvalue weighted by Gasteiger charge is 2.06. The second-order valence-corrected chi connectivity index (χ2v) is 3.59. The zero-order chi connectivity index (χ0) is 11.4. The van der Waals surface area contributed by atoms with E-state index in [0.29, 0.717) is 28.7 Å². The van der Waals surface area contributed by atoms with E-state index >= 15 is 0 Å². The van der Waals surface area contributed by atoms with Gasteiger partial charge in [-0.05, 0) is 0 Å². The van der Waals surface area contributed by atoms with Gasteiger partial charge in [0, 0.05) is 17.7 Å². The summed E-state index contributed by atoms with van der Waals surface area (Å²) in [5.74, 6) is 1.13. The molecule has 2 aromatic heterocycles. The monoisotopic (exact) mass is 239 g/mol. The first-order valence-electron chi connectivity index (χ1n) is 4.41. The van der Waals surface area contributed by atoms with Crippen LogP contribution in [0.3, 0.4) is 0 Å². The number of aromatic amines is 1. The van der Waals surface area contributed by atoms with Crippen LogP contribution in [0.4, 0.5) is 11.8 Å². The van der Waals surface area contributed by atoms with Crippen LogP contribution in [0.25, 0.3) is 11.2 Å². The van der Waals surface area contributed by atoms with Gasteiger partial charge in [0.25, 0.3) is 0 Å². The van der Waals surface area contributed by atoms with E-state index in [0.717, 1.165) is 11.9 Å². The first kappa shape index (κ1) is 10.8. The molecule has 0 saturated carbocycles. The number of aliphatic hydroxyl groups is 1. The molecule has 0 saturated heterocycles. The molecule has 16 heavy (non-hydrogen) atoms. The van der Waals surface area contributed by atoms with E-state index in [-0.39, 0.29) is 6.61 Å². The quantitative estimate of drug-likeness (QED) is 0.409. The number of fused-ring (bicyclic) bond motifs is 1. The minimum absolute atomic E-state index is 0.0578. The van der Waals surface area contributed by atoms with Crippen LogP contribution in [0.15, 0.2) is 16.0 Å². The number of aliphatic hydroxyl groups excluding tert-OH is 1. The summed E-state index contributed by atoms with van der Waals surface area (Å²) in [7, 11) is 0. The van der Waals surface area contributed by atoms with E-state index in [1.807, 2.05) is 0 Å². The number of rotatable bonds is 4. The van der Waals surface area contributed by atoms with Crippen LogP contribution in [-0.2, 0) is 0 Å². The minimum atomic E-state index is 0.0578. The van der Waals surface area contributed by atoms with Crippen molar-refractivity contribution in [3.05, 3.63) is 6.33 Å². The molecule has 0 amide bonds. The summed E-state index contributed by atoms with van der Waals surface area (Å²) in [5, 5.41) is 12.3. The molecule has 0 aliphatic rings. The molecule has 2 heterocycles. The number of nitrogen functional groups attached to an aromatic ring is 1. The zero-order valence-corrected chi connectivity index (χ0v) is 8.98. The summed E-state index contributed by atoms with van der Waals surface area (Å²) in [6.45, 7) is 0.0578. The number of nitrogens with two attached hydrogens (primary N) is 1. The Bertz CT molecular complexity index is 510. The van der Waals surface area contributed by atoms with Crippen LogP contribution in [0.5, 0.6) is 0 Å². The highest BCUT2D eigenvalue weighted by Crippen LogP contribution is 2.18. The average molecular weight is 239 g/mol. The van der Waals surface area contributed by atoms with Gasteiger partial charge in [0.1, 0.15) is 11.8 Å². The Kier molecular flexibility index (Phi) is 3.27. The number of imidazole rings is 1. The molecule has 0 fully saturated rings. The minimum Gasteiger partial charge on any atom is -0.395 e. The fourth-order valence-corrected chi connectivity index (χ4v) is 1.33. The third-order valence-electron chi connectivity index (χ3n) is 1.68. The highest BCUT2D eigenvalue weighted by molar-refractivity contribution is 7.97. The first-order chi connectivity index (χ1) is 7.81. The summed E-state index contributed by atoms with van der Waals surface area (Å²) in [4.78, 5) is 14.6. The lowest BCUT2D eigenvalue weighted by Gasteiger charge is -1.89. The third-order valence-corrected chi connectivity index (χ3v) is 2.24. The van der Waals surface area contributed by atoms with Gasteiger partial charge in [-0.2, -0.15) is 4.98 Å². The molecule has 0 aliphatic heterocycles. The highest BCUT2D eigenvalue weighted by atomic mass is 32.2. The Hall–Kier alpha value is -1.74. The Morgan fingerprint density at radius 2 is 2.38 bits per heavy atom. The maximum Gasteiger partial charge on any atom is 0.250 e. The van der Waals surface area contributed by atoms with Crippen LogP contribution < -0.4 is 5.73 Å². The molecule has 4 N–H and O–H groups in total. The second kappa shape index (κ2) is 4.86. The van der Waals surface area contributed by atoms with E-state index in [2.05, 4.69) is 29.6 Å². The number of aromatic nitrogens is 4. The van der Waals surface area contributed by atoms with Gasteiger partial charge >= 0.3 is 0 Å². The summed E-state index contributed by atoms with van der Waals surface area (Å²) in [6, 6.07) is 0. The lowest BCUT2D eigenvalue weighted by atomic mass is 10.5. The first-order valence-corrected chi connectivity index (χ1v) is 5.35. The lowest BCUT2D eigenvalue weighted by molar-refractivity contribution is 0.322. The molecular weight excluding hydrogens is 230 g/mol. The fourth-order valence-electron chi connectivity index (χ4n) is 1.03. The molecule has 84 valence electrons. The Morgan fingerprint density at radius 1 is 1.50 bits per heavy atom. The Morgan fingerprint density at radius 3 is 3.12 bits per heavy atom. The van der Waals surface area contributed by atoms with Crippen LogP contribution in [0.2, 0.25) is 0 Å². The van der Waals surface area contributed by atoms with Gasteiger partial charge in [0.2, 0.25) is 5.95 Å². The smallest absolute Gasteiger partial charge is 0.250 e. The maximum absolute atomic E-state index is 8.53. The van der Waals surface area contributed by atoms with Crippen LogP contribution >= 0.6 is 11.9 Å². The summed E-state index contributed by atoms with van der Waals surface area (Å²) in [6.07, 6.45) is 1.33. The standard InChI is InChI=1S/C7H9N7OS/c8-5-4-6(10-3-9-5)12-7(11-4)13-14-16-2-1-15/h3,15H,1-2H2,(H3,8,9,10,11,12)/b14-13+. The van der Waals surface area contributed by atoms with Gasteiger partial charge in [-0.3, -0.25) is 0 Å². The van der Waals surface area contributed by atoms with Crippen molar-refractivity contribution in [3.63, 3.8) is 0 Å². The molecular formula is C7H9N7OS. The number of hydrogen-bond acceptors (Lipinski definition) is 8. The molecule has 2 aromatic rings. The molecule has 2 rings (SSSR count). The normalized spacial score (nSPS) is 11.6. The van der Waals surface area contributed by atoms with Crippen LogP contribution in [-0.4, -0.2) is 37.4 Å². The van der Waals surface area contributed by atoms with E-state index < -0.39 is 0 Å². The van der Waals surface area contributed by atoms with E-state index in [4.69, 9.17) is 10.8 Å². The van der Waals surface area contributed by atoms with Gasteiger partial charge in [-0.1, -0.05) is 0 Å². The number of H-pyrrole nitrogens is 1. The van der Waals surface area contributed by atoms with Gasteiger partial charge in [0.15, 0.2) is 11.5 Å². The van der Waals surface area contributed by atoms with Crippen molar-refractivity contribution in [1.29, 1.82) is 0 Å². The Balaban J connectivity index is 2.20. The average Bonchev–Trinajstić information content (AvgIpc) is 2.69. The molecule has 0 spiro atoms. The van der Waals surface area contributed by atoms with Crippen molar-refractivity contribution in [3.8, 4) is 0 Å². The SMILES string of the molecule is Nc1ncnc2nc(/N=N/SCCO)[nH]c12. The molecule has 0 bridgehead atoms. The van der Waals surface area contributed by atoms with Crippen molar-refractivity contribution in [1.82, 2.24) is 19.9 Å². The van der Waals surface area contributed by atoms with Gasteiger partial charge in [-0.15, -0.1) is 9.63 Å². The number of nitrogens with zero attached hydrogens (tertiary/aromatic N) is 5. The largest absolute Gasteiger partial charge is 0.395 e. The van der Waals surface area contributed by atoms with Gasteiger partial charge in [-0.25, -0.2) is 9.97 Å². The number of nitrogens with one attached hydrogen (secondary N) is 1. The van der Waals surface area contributed by atoms with E-state index in [1.54, 1.807) is 0 Å². The summed E-state index contributed by atoms with van der Waals surface area (Å²) in [5.41, 5.74) is 6.61. The topological polar surface area (TPSA) is 125 Å². The molecule has 8 nitrogen and oxygen atoms in total. The van der Waals surface area contributed by atoms with Gasteiger partial charge < -0.3 is 15.8 Å². The maximum atomic E-state index is 8.53. The molecule has 0 atom stereocenters. The van der Waals surface area contributed by atoms with Crippen molar-refractivity contribution < 1.29 is 5.11 Å². The van der Waals surface area contributed by atoms with Crippen LogP contribution in [0.1, 0.15) is 0 Å². The van der Waals surface area contributed by atoms with E-state index in [1.165, 1.54) is 6.33 Å². The second-order valence-electron chi connectivity index (χ2n) is 2.76. The molecule has 0 aliphatic carbocycles. The lowest BCUT2D eigenvalue weighted by Crippen LogP contribution is -1.91. The van der Waals surface area contributed by atoms with E-state index in [9.17, 15) is 0 Å². The van der Waals surface area contributed by atoms with Crippen LogP contribution in [0, 0.1) is 0 Å². The summed E-state index contributed by atoms with van der Waals surface area (Å²) >= 11 is 1.14. The number of hydrogen-bond donors (Lipinski definition) is 3. The number of anilines is 1. The predicted octanol–water partition coefficient (Wildman–Crippen LogP) is 0.659. The van der Waals surface area contributed by atoms with Crippen molar-refractivity contribution in [2.75, 3.05) is 18.1 Å². The zero-order valence-electron chi connectivity index (χ0n) is 8.16. The molecule has 9 heteroatoms. The Labute approximate surface area is 94.6 Å². The molecule has 0 radical (unpaired) electrons.